The quantitative estimate of drug-likeness (QED) is 0.910. The Morgan fingerprint density at radius 2 is 1.80 bits per heavy atom. The van der Waals surface area contributed by atoms with Crippen LogP contribution in [-0.2, 0) is 0 Å². The van der Waals surface area contributed by atoms with E-state index in [0.717, 1.165) is 43.8 Å². The monoisotopic (exact) mass is 351 g/mol. The van der Waals surface area contributed by atoms with Crippen LogP contribution in [-0.4, -0.2) is 30.3 Å². The van der Waals surface area contributed by atoms with Gasteiger partial charge in [-0.05, 0) is 49.2 Å². The minimum atomic E-state index is -4.75. The fraction of sp³-hybridized carbons (Fsp3) is 0.294. The number of nitrogens with one attached hydrogen (secondary N) is 1. The molecule has 1 amide bonds. The zero-order valence-electron chi connectivity index (χ0n) is 13.2. The van der Waals surface area contributed by atoms with Crippen molar-refractivity contribution in [1.82, 2.24) is 4.98 Å². The van der Waals surface area contributed by atoms with Crippen LogP contribution >= 0.6 is 0 Å². The van der Waals surface area contributed by atoms with E-state index in [1.807, 2.05) is 6.07 Å². The molecular weight excluding hydrogens is 335 g/mol. The van der Waals surface area contributed by atoms with Crippen LogP contribution in [0.1, 0.15) is 23.3 Å². The highest BCUT2D eigenvalue weighted by molar-refractivity contribution is 6.03. The Kier molecular flexibility index (Phi) is 4.78. The molecule has 0 unspecified atom stereocenters. The average Bonchev–Trinajstić information content (AvgIpc) is 3.10. The van der Waals surface area contributed by atoms with Crippen LogP contribution in [0.4, 0.5) is 24.5 Å². The maximum Gasteiger partial charge on any atom is 0.573 e. The Balaban J connectivity index is 1.66. The number of ether oxygens (including phenoxy) is 1. The molecule has 132 valence electrons. The summed E-state index contributed by atoms with van der Waals surface area (Å²) in [7, 11) is 0. The van der Waals surface area contributed by atoms with Gasteiger partial charge in [-0.3, -0.25) is 9.78 Å². The fourth-order valence-corrected chi connectivity index (χ4v) is 2.65. The summed E-state index contributed by atoms with van der Waals surface area (Å²) < 4.78 is 40.2. The number of pyridine rings is 1. The molecule has 1 fully saturated rings. The summed E-state index contributed by atoms with van der Waals surface area (Å²) in [4.78, 5) is 18.5. The van der Waals surface area contributed by atoms with E-state index in [1.54, 1.807) is 12.3 Å². The van der Waals surface area contributed by atoms with Gasteiger partial charge in [0.15, 0.2) is 0 Å². The summed E-state index contributed by atoms with van der Waals surface area (Å²) in [5, 5.41) is 2.61. The maximum absolute atomic E-state index is 12.3. The van der Waals surface area contributed by atoms with E-state index in [9.17, 15) is 18.0 Å². The topological polar surface area (TPSA) is 54.5 Å². The molecule has 0 spiro atoms. The Hall–Kier alpha value is -2.77. The highest BCUT2D eigenvalue weighted by Crippen LogP contribution is 2.24. The smallest absolute Gasteiger partial charge is 0.406 e. The highest BCUT2D eigenvalue weighted by Gasteiger charge is 2.31. The van der Waals surface area contributed by atoms with Crippen molar-refractivity contribution in [2.45, 2.75) is 19.2 Å². The summed E-state index contributed by atoms with van der Waals surface area (Å²) in [5.41, 5.74) is 1.54. The summed E-state index contributed by atoms with van der Waals surface area (Å²) in [6.45, 7) is 1.90. The van der Waals surface area contributed by atoms with Gasteiger partial charge in [-0.25, -0.2) is 0 Å². The second-order valence-corrected chi connectivity index (χ2v) is 5.62. The first-order valence-electron chi connectivity index (χ1n) is 7.79. The molecule has 0 atom stereocenters. The Morgan fingerprint density at radius 1 is 1.12 bits per heavy atom. The molecule has 2 heterocycles. The molecule has 0 saturated carbocycles. The number of nitrogens with zero attached hydrogens (tertiary/aromatic N) is 2. The van der Waals surface area contributed by atoms with E-state index >= 15 is 0 Å². The van der Waals surface area contributed by atoms with E-state index in [-0.39, 0.29) is 11.4 Å². The van der Waals surface area contributed by atoms with Crippen molar-refractivity contribution in [2.75, 3.05) is 23.3 Å². The molecule has 1 aliphatic heterocycles. The Bertz CT molecular complexity index is 742. The number of amides is 1. The van der Waals surface area contributed by atoms with Crippen LogP contribution in [0.25, 0.3) is 0 Å². The van der Waals surface area contributed by atoms with Crippen molar-refractivity contribution in [3.63, 3.8) is 0 Å². The molecule has 2 aromatic rings. The minimum Gasteiger partial charge on any atom is -0.406 e. The summed E-state index contributed by atoms with van der Waals surface area (Å²) in [6, 6.07) is 8.51. The number of alkyl halides is 3. The van der Waals surface area contributed by atoms with Gasteiger partial charge in [0, 0.05) is 30.7 Å². The Morgan fingerprint density at radius 3 is 2.44 bits per heavy atom. The number of hydrogen-bond acceptors (Lipinski definition) is 4. The molecule has 8 heteroatoms. The third-order valence-corrected chi connectivity index (χ3v) is 3.79. The average molecular weight is 351 g/mol. The van der Waals surface area contributed by atoms with E-state index < -0.39 is 12.3 Å². The summed E-state index contributed by atoms with van der Waals surface area (Å²) in [6.07, 6.45) is -0.931. The number of anilines is 2. The standard InChI is InChI=1S/C17H16F3N3O2/c18-17(19,20)25-14-5-3-12(4-6-14)22-16(24)15-11-13(7-8-21-15)23-9-1-2-10-23/h3-8,11H,1-2,9-10H2,(H,22,24). The number of halogens is 3. The fourth-order valence-electron chi connectivity index (χ4n) is 2.65. The zero-order chi connectivity index (χ0) is 17.9. The summed E-state index contributed by atoms with van der Waals surface area (Å²) in [5.74, 6) is -0.773. The second-order valence-electron chi connectivity index (χ2n) is 5.62. The normalized spacial score (nSPS) is 14.4. The van der Waals surface area contributed by atoms with Crippen LogP contribution < -0.4 is 15.0 Å². The molecule has 1 aromatic heterocycles. The van der Waals surface area contributed by atoms with Gasteiger partial charge in [0.05, 0.1) is 0 Å². The first kappa shape index (κ1) is 17.1. The predicted molar refractivity (Wildman–Crippen MR) is 86.8 cm³/mol. The first-order valence-corrected chi connectivity index (χ1v) is 7.79. The highest BCUT2D eigenvalue weighted by atomic mass is 19.4. The van der Waals surface area contributed by atoms with Crippen molar-refractivity contribution >= 4 is 17.3 Å². The molecule has 0 bridgehead atoms. The molecule has 25 heavy (non-hydrogen) atoms. The van der Waals surface area contributed by atoms with Crippen LogP contribution in [0, 0.1) is 0 Å². The molecule has 0 radical (unpaired) electrons. The number of rotatable bonds is 4. The lowest BCUT2D eigenvalue weighted by Crippen LogP contribution is -2.19. The van der Waals surface area contributed by atoms with Gasteiger partial charge >= 0.3 is 6.36 Å². The van der Waals surface area contributed by atoms with Gasteiger partial charge < -0.3 is 15.0 Å². The van der Waals surface area contributed by atoms with E-state index in [4.69, 9.17) is 0 Å². The van der Waals surface area contributed by atoms with Gasteiger partial charge in [-0.2, -0.15) is 0 Å². The third kappa shape index (κ3) is 4.62. The van der Waals surface area contributed by atoms with Gasteiger partial charge in [-0.1, -0.05) is 0 Å². The molecule has 1 aromatic carbocycles. The number of carbonyl (C=O) groups excluding carboxylic acids is 1. The van der Waals surface area contributed by atoms with Gasteiger partial charge in [-0.15, -0.1) is 13.2 Å². The minimum absolute atomic E-state index is 0.250. The van der Waals surface area contributed by atoms with E-state index in [0.29, 0.717) is 5.69 Å². The maximum atomic E-state index is 12.3. The van der Waals surface area contributed by atoms with Crippen molar-refractivity contribution in [3.8, 4) is 5.75 Å². The molecule has 0 aliphatic carbocycles. The van der Waals surface area contributed by atoms with E-state index in [2.05, 4.69) is 19.9 Å². The second kappa shape index (κ2) is 7.00. The lowest BCUT2D eigenvalue weighted by molar-refractivity contribution is -0.274. The number of hydrogen-bond donors (Lipinski definition) is 1. The Labute approximate surface area is 142 Å². The van der Waals surface area contributed by atoms with Crippen molar-refractivity contribution in [1.29, 1.82) is 0 Å². The third-order valence-electron chi connectivity index (χ3n) is 3.79. The SMILES string of the molecule is O=C(Nc1ccc(OC(F)(F)F)cc1)c1cc(N2CCCC2)ccn1. The zero-order valence-corrected chi connectivity index (χ0v) is 13.2. The largest absolute Gasteiger partial charge is 0.573 e. The van der Waals surface area contributed by atoms with Gasteiger partial charge in [0.1, 0.15) is 11.4 Å². The summed E-state index contributed by atoms with van der Waals surface area (Å²) >= 11 is 0. The van der Waals surface area contributed by atoms with Crippen molar-refractivity contribution in [3.05, 3.63) is 48.3 Å². The van der Waals surface area contributed by atoms with Gasteiger partial charge in [0.25, 0.3) is 5.91 Å². The molecular formula is C17H16F3N3O2. The molecule has 3 rings (SSSR count). The first-order chi connectivity index (χ1) is 11.9. The number of benzene rings is 1. The predicted octanol–water partition coefficient (Wildman–Crippen LogP) is 3.83. The van der Waals surface area contributed by atoms with Crippen LogP contribution in [0.2, 0.25) is 0 Å². The van der Waals surface area contributed by atoms with Crippen LogP contribution in [0.5, 0.6) is 5.75 Å². The van der Waals surface area contributed by atoms with Crippen molar-refractivity contribution in [2.24, 2.45) is 0 Å². The molecule has 1 N–H and O–H groups in total. The van der Waals surface area contributed by atoms with Crippen LogP contribution in [0.3, 0.4) is 0 Å². The lowest BCUT2D eigenvalue weighted by Gasteiger charge is -2.17. The van der Waals surface area contributed by atoms with E-state index in [1.165, 1.54) is 12.1 Å². The number of aromatic nitrogens is 1. The van der Waals surface area contributed by atoms with Gasteiger partial charge in [0.2, 0.25) is 0 Å². The van der Waals surface area contributed by atoms with Crippen LogP contribution in [0.15, 0.2) is 42.6 Å². The molecule has 1 aliphatic rings. The van der Waals surface area contributed by atoms with Crippen molar-refractivity contribution < 1.29 is 22.7 Å². The molecule has 5 nitrogen and oxygen atoms in total. The number of carbonyl (C=O) groups is 1. The molecule has 1 saturated heterocycles. The lowest BCUT2D eigenvalue weighted by atomic mass is 10.2.